The molecule has 0 bridgehead atoms. The molecule has 0 N–H and O–H groups in total. The van der Waals surface area contributed by atoms with Crippen LogP contribution in [0, 0.1) is 39.5 Å². The Morgan fingerprint density at radius 2 is 0.717 bits per heavy atom. The SMILES string of the molecule is Cc1ccc(-c2ccc(-c3ccc(C)cc3)c3c2C=C(CC2CCC2)[CH]3[Zr]([CH]2C(CC3CCC3)=Cc3c(-c4ccc(C)cc4)ccc(-c4ccc(C)cc4)c32)[SiH](C)C)cc1. The van der Waals surface area contributed by atoms with Crippen LogP contribution in [0.25, 0.3) is 56.7 Å². The fraction of sp³-hybridized carbons (Fsp3) is 0.310. The zero-order valence-corrected chi connectivity index (χ0v) is 40.4. The van der Waals surface area contributed by atoms with Gasteiger partial charge in [0.25, 0.3) is 0 Å². The van der Waals surface area contributed by atoms with Crippen LogP contribution in [0.4, 0.5) is 0 Å². The molecule has 6 aromatic rings. The summed E-state index contributed by atoms with van der Waals surface area (Å²) in [4.78, 5) is 0. The Labute approximate surface area is 369 Å². The first kappa shape index (κ1) is 40.0. The van der Waals surface area contributed by atoms with Gasteiger partial charge < -0.3 is 0 Å². The molecule has 0 aliphatic heterocycles. The van der Waals surface area contributed by atoms with Crippen molar-refractivity contribution in [1.82, 2.24) is 0 Å². The Hall–Kier alpha value is -4.10. The van der Waals surface area contributed by atoms with Crippen molar-refractivity contribution >= 4 is 18.1 Å². The summed E-state index contributed by atoms with van der Waals surface area (Å²) >= 11 is -2.57. The molecular weight excluding hydrogens is 816 g/mol. The maximum atomic E-state index is 2.79. The molecular formula is C58H61SiZr. The molecule has 0 radical (unpaired) electrons. The third-order valence-corrected chi connectivity index (χ3v) is 36.5. The third-order valence-electron chi connectivity index (χ3n) is 14.8. The van der Waals surface area contributed by atoms with Crippen LogP contribution in [0.3, 0.4) is 0 Å². The number of hydrogen-bond donors (Lipinski definition) is 0. The molecule has 2 heteroatoms. The summed E-state index contributed by atoms with van der Waals surface area (Å²) in [6.45, 7) is 14.5. The van der Waals surface area contributed by atoms with E-state index >= 15 is 0 Å². The van der Waals surface area contributed by atoms with Crippen LogP contribution in [0.1, 0.15) is 103 Å². The van der Waals surface area contributed by atoms with Gasteiger partial charge >= 0.3 is 372 Å². The van der Waals surface area contributed by atoms with Crippen molar-refractivity contribution < 1.29 is 20.9 Å². The molecule has 10 rings (SSSR count). The molecule has 0 aromatic heterocycles. The molecule has 2 fully saturated rings. The molecule has 0 amide bonds. The average molecular weight is 877 g/mol. The minimum absolute atomic E-state index is 0.575. The van der Waals surface area contributed by atoms with Crippen molar-refractivity contribution in [3.05, 3.63) is 177 Å². The Kier molecular flexibility index (Phi) is 11.1. The molecule has 4 aliphatic rings. The first-order chi connectivity index (χ1) is 29.2. The Bertz CT molecular complexity index is 2420. The number of fused-ring (bicyclic) bond motifs is 2. The summed E-state index contributed by atoms with van der Waals surface area (Å²) in [6.07, 6.45) is 16.5. The van der Waals surface area contributed by atoms with Gasteiger partial charge in [-0.1, -0.05) is 0 Å². The van der Waals surface area contributed by atoms with Gasteiger partial charge in [0.1, 0.15) is 0 Å². The van der Waals surface area contributed by atoms with Crippen LogP contribution in [0.15, 0.2) is 132 Å². The van der Waals surface area contributed by atoms with Gasteiger partial charge in [-0.15, -0.1) is 0 Å². The molecule has 301 valence electrons. The van der Waals surface area contributed by atoms with E-state index in [1.165, 1.54) is 118 Å². The standard InChI is InChI=1S/2C28H27.C2H7Si.Zr/c2*1-19-6-10-23(11-7-19)25-14-15-26(24-12-8-20(2)9-13-24)28-18-22(17-27(25)28)16-21-4-3-5-21;1-3-2;/h2*6-15,17-18,21H,3-5,16H2,1-2H3;3H,1-2H3;. The molecule has 0 saturated heterocycles. The van der Waals surface area contributed by atoms with Crippen molar-refractivity contribution in [3.8, 4) is 44.5 Å². The Morgan fingerprint density at radius 1 is 0.417 bits per heavy atom. The van der Waals surface area contributed by atoms with Gasteiger partial charge in [0.2, 0.25) is 0 Å². The van der Waals surface area contributed by atoms with Crippen LogP contribution >= 0.6 is 0 Å². The van der Waals surface area contributed by atoms with Crippen molar-refractivity contribution in [1.29, 1.82) is 0 Å². The fourth-order valence-corrected chi connectivity index (χ4v) is 33.8. The van der Waals surface area contributed by atoms with Crippen molar-refractivity contribution in [3.63, 3.8) is 0 Å². The van der Waals surface area contributed by atoms with Crippen molar-refractivity contribution in [2.75, 3.05) is 0 Å². The van der Waals surface area contributed by atoms with Gasteiger partial charge in [0.15, 0.2) is 0 Å². The number of benzene rings is 6. The Balaban J connectivity index is 1.24. The maximum absolute atomic E-state index is 2.79. The van der Waals surface area contributed by atoms with E-state index in [0.29, 0.717) is 7.25 Å². The van der Waals surface area contributed by atoms with Gasteiger partial charge in [0.05, 0.1) is 0 Å². The minimum atomic E-state index is -2.57. The molecule has 2 atom stereocenters. The monoisotopic (exact) mass is 875 g/mol. The molecule has 0 spiro atoms. The summed E-state index contributed by atoms with van der Waals surface area (Å²) in [7, 11) is 0. The summed E-state index contributed by atoms with van der Waals surface area (Å²) in [6, 6.07) is 47.9. The molecule has 0 nitrogen and oxygen atoms in total. The van der Waals surface area contributed by atoms with E-state index in [4.69, 9.17) is 0 Å². The van der Waals surface area contributed by atoms with Crippen LogP contribution in [0.5, 0.6) is 0 Å². The summed E-state index contributed by atoms with van der Waals surface area (Å²) < 4.78 is 1.15. The molecule has 2 unspecified atom stereocenters. The zero-order valence-electron chi connectivity index (χ0n) is 36.7. The van der Waals surface area contributed by atoms with E-state index in [2.05, 4.69) is 174 Å². The molecule has 0 heterocycles. The fourth-order valence-electron chi connectivity index (χ4n) is 11.1. The predicted molar refractivity (Wildman–Crippen MR) is 258 cm³/mol. The van der Waals surface area contributed by atoms with Gasteiger partial charge in [0, 0.05) is 0 Å². The number of rotatable bonds is 11. The number of aryl methyl sites for hydroxylation is 4. The predicted octanol–water partition coefficient (Wildman–Crippen LogP) is 16.1. The second-order valence-electron chi connectivity index (χ2n) is 19.4. The Morgan fingerprint density at radius 3 is 1.00 bits per heavy atom. The topological polar surface area (TPSA) is 0 Å². The van der Waals surface area contributed by atoms with Crippen LogP contribution in [0.2, 0.25) is 13.1 Å². The van der Waals surface area contributed by atoms with Crippen molar-refractivity contribution in [2.45, 2.75) is 99.4 Å². The van der Waals surface area contributed by atoms with Gasteiger partial charge in [-0.2, -0.15) is 0 Å². The normalized spacial score (nSPS) is 18.4. The summed E-state index contributed by atoms with van der Waals surface area (Å²) in [5.41, 5.74) is 26.8. The van der Waals surface area contributed by atoms with E-state index in [1.54, 1.807) is 33.4 Å². The first-order valence-electron chi connectivity index (χ1n) is 23.1. The van der Waals surface area contributed by atoms with Gasteiger partial charge in [-0.3, -0.25) is 0 Å². The van der Waals surface area contributed by atoms with Crippen LogP contribution in [-0.4, -0.2) is 5.92 Å². The molecule has 2 saturated carbocycles. The number of hydrogen-bond acceptors (Lipinski definition) is 0. The molecule has 4 aliphatic carbocycles. The summed E-state index contributed by atoms with van der Waals surface area (Å²) in [5.74, 6) is 0.475. The quantitative estimate of drug-likeness (QED) is 0.114. The van der Waals surface area contributed by atoms with Gasteiger partial charge in [-0.25, -0.2) is 0 Å². The van der Waals surface area contributed by atoms with Gasteiger partial charge in [-0.05, 0) is 0 Å². The number of allylic oxidation sites excluding steroid dienone is 2. The van der Waals surface area contributed by atoms with Crippen LogP contribution in [-0.2, 0) is 20.9 Å². The second-order valence-corrected chi connectivity index (χ2v) is 39.5. The van der Waals surface area contributed by atoms with Crippen molar-refractivity contribution in [2.24, 2.45) is 11.8 Å². The van der Waals surface area contributed by atoms with E-state index < -0.39 is 26.8 Å². The first-order valence-corrected chi connectivity index (χ1v) is 33.1. The zero-order chi connectivity index (χ0) is 41.1. The third kappa shape index (κ3) is 7.49. The van der Waals surface area contributed by atoms with Crippen LogP contribution < -0.4 is 0 Å². The molecule has 6 aromatic carbocycles. The van der Waals surface area contributed by atoms with E-state index in [1.807, 2.05) is 0 Å². The molecule has 60 heavy (non-hydrogen) atoms. The average Bonchev–Trinajstić information content (AvgIpc) is 3.77. The summed E-state index contributed by atoms with van der Waals surface area (Å²) in [5, 5.41) is 0. The van der Waals surface area contributed by atoms with E-state index in [9.17, 15) is 0 Å². The second kappa shape index (κ2) is 16.6. The van der Waals surface area contributed by atoms with E-state index in [-0.39, 0.29) is 0 Å². The van der Waals surface area contributed by atoms with E-state index in [0.717, 1.165) is 11.8 Å².